The first-order valence-electron chi connectivity index (χ1n) is 9.75. The minimum Gasteiger partial charge on any atom is -0.224 e. The Morgan fingerprint density at radius 3 is 2.10 bits per heavy atom. The predicted molar refractivity (Wildman–Crippen MR) is 126 cm³/mol. The highest BCUT2D eigenvalue weighted by Gasteiger charge is 2.30. The minimum atomic E-state index is -3.87. The maximum absolute atomic E-state index is 13.6. The Labute approximate surface area is 193 Å². The molecule has 0 amide bonds. The van der Waals surface area contributed by atoms with Gasteiger partial charge in [0.2, 0.25) is 10.0 Å². The summed E-state index contributed by atoms with van der Waals surface area (Å²) >= 11 is 7.56. The average molecular weight is 498 g/mol. The van der Waals surface area contributed by atoms with Crippen LogP contribution in [0.5, 0.6) is 0 Å². The van der Waals surface area contributed by atoms with Crippen LogP contribution in [-0.4, -0.2) is 32.9 Å². The van der Waals surface area contributed by atoms with Crippen molar-refractivity contribution >= 4 is 42.8 Å². The molecule has 1 unspecified atom stereocenters. The SMILES string of the molecule is CCS(=O)(=O)c1ccc(S(=O)(=O)N(Cc2ccc(Cl)cc2)C(C)Cc2cccs2)cc1. The summed E-state index contributed by atoms with van der Waals surface area (Å²) in [7, 11) is -7.27. The van der Waals surface area contributed by atoms with Crippen LogP contribution in [0, 0.1) is 0 Å². The molecule has 166 valence electrons. The number of benzene rings is 2. The molecule has 1 aromatic heterocycles. The number of thiophene rings is 1. The predicted octanol–water partition coefficient (Wildman–Crippen LogP) is 5.02. The fourth-order valence-electron chi connectivity index (χ4n) is 3.19. The van der Waals surface area contributed by atoms with Gasteiger partial charge >= 0.3 is 0 Å². The van der Waals surface area contributed by atoms with Crippen LogP contribution >= 0.6 is 22.9 Å². The quantitative estimate of drug-likeness (QED) is 0.416. The second-order valence-electron chi connectivity index (χ2n) is 7.18. The Kier molecular flexibility index (Phi) is 7.59. The number of sulfone groups is 1. The van der Waals surface area contributed by atoms with E-state index in [1.807, 2.05) is 24.4 Å². The van der Waals surface area contributed by atoms with Crippen LogP contribution in [0.3, 0.4) is 0 Å². The van der Waals surface area contributed by atoms with Gasteiger partial charge in [0.1, 0.15) is 0 Å². The van der Waals surface area contributed by atoms with Gasteiger partial charge in [0.05, 0.1) is 15.5 Å². The van der Waals surface area contributed by atoms with Crippen molar-refractivity contribution in [1.29, 1.82) is 0 Å². The first kappa shape index (κ1) is 23.9. The van der Waals surface area contributed by atoms with Crippen molar-refractivity contribution in [3.8, 4) is 0 Å². The van der Waals surface area contributed by atoms with E-state index in [1.165, 1.54) is 28.6 Å². The first-order chi connectivity index (χ1) is 14.6. The fraction of sp³-hybridized carbons (Fsp3) is 0.273. The number of hydrogen-bond acceptors (Lipinski definition) is 5. The van der Waals surface area contributed by atoms with Crippen LogP contribution in [0.15, 0.2) is 75.8 Å². The van der Waals surface area contributed by atoms with Gasteiger partial charge in [-0.2, -0.15) is 4.31 Å². The molecule has 3 rings (SSSR count). The van der Waals surface area contributed by atoms with Crippen LogP contribution in [0.4, 0.5) is 0 Å². The van der Waals surface area contributed by atoms with Crippen molar-refractivity contribution in [2.75, 3.05) is 5.75 Å². The van der Waals surface area contributed by atoms with Gasteiger partial charge in [-0.3, -0.25) is 0 Å². The minimum absolute atomic E-state index is 0.0420. The third kappa shape index (κ3) is 5.75. The zero-order valence-corrected chi connectivity index (χ0v) is 20.4. The van der Waals surface area contributed by atoms with Crippen LogP contribution in [0.25, 0.3) is 0 Å². The highest BCUT2D eigenvalue weighted by atomic mass is 35.5. The molecule has 0 radical (unpaired) electrons. The molecule has 31 heavy (non-hydrogen) atoms. The largest absolute Gasteiger partial charge is 0.243 e. The molecule has 0 saturated heterocycles. The van der Waals surface area contributed by atoms with Crippen LogP contribution in [-0.2, 0) is 32.8 Å². The first-order valence-corrected chi connectivity index (χ1v) is 14.1. The van der Waals surface area contributed by atoms with Crippen LogP contribution in [0.2, 0.25) is 5.02 Å². The van der Waals surface area contributed by atoms with E-state index < -0.39 is 19.9 Å². The molecule has 0 saturated carbocycles. The third-order valence-electron chi connectivity index (χ3n) is 4.99. The molecule has 1 atom stereocenters. The molecule has 0 spiro atoms. The van der Waals surface area contributed by atoms with E-state index in [-0.39, 0.29) is 28.1 Å². The Morgan fingerprint density at radius 2 is 1.55 bits per heavy atom. The maximum atomic E-state index is 13.6. The fourth-order valence-corrected chi connectivity index (χ4v) is 6.64. The molecule has 1 heterocycles. The molecule has 5 nitrogen and oxygen atoms in total. The maximum Gasteiger partial charge on any atom is 0.243 e. The van der Waals surface area contributed by atoms with Crippen molar-refractivity contribution < 1.29 is 16.8 Å². The number of nitrogens with zero attached hydrogens (tertiary/aromatic N) is 1. The van der Waals surface area contributed by atoms with Gasteiger partial charge in [0.15, 0.2) is 9.84 Å². The number of rotatable bonds is 9. The standard InChI is InChI=1S/C22H24ClNO4S3/c1-3-30(25,26)21-10-12-22(13-11-21)31(27,28)24(16-18-6-8-19(23)9-7-18)17(2)15-20-5-4-14-29-20/h4-14,17H,3,15-16H2,1-2H3. The lowest BCUT2D eigenvalue weighted by Crippen LogP contribution is -2.39. The Bertz CT molecular complexity index is 1200. The normalized spacial score (nSPS) is 13.4. The van der Waals surface area contributed by atoms with E-state index in [4.69, 9.17) is 11.6 Å². The summed E-state index contributed by atoms with van der Waals surface area (Å²) in [6.45, 7) is 3.62. The second-order valence-corrected chi connectivity index (χ2v) is 12.8. The van der Waals surface area contributed by atoms with Gasteiger partial charge in [0, 0.05) is 22.5 Å². The molecule has 9 heteroatoms. The van der Waals surface area contributed by atoms with Gasteiger partial charge in [0.25, 0.3) is 0 Å². The molecule has 0 N–H and O–H groups in total. The van der Waals surface area contributed by atoms with Crippen LogP contribution in [0.1, 0.15) is 24.3 Å². The summed E-state index contributed by atoms with van der Waals surface area (Å²) in [6, 6.07) is 16.1. The Hall–Kier alpha value is -1.71. The lowest BCUT2D eigenvalue weighted by Gasteiger charge is -2.28. The van der Waals surface area contributed by atoms with Crippen molar-refractivity contribution in [3.05, 3.63) is 81.5 Å². The number of halogens is 1. The van der Waals surface area contributed by atoms with Crippen molar-refractivity contribution in [2.24, 2.45) is 0 Å². The Balaban J connectivity index is 1.96. The van der Waals surface area contributed by atoms with E-state index in [1.54, 1.807) is 42.5 Å². The molecule has 3 aromatic rings. The molecular formula is C22H24ClNO4S3. The molecule has 0 aliphatic heterocycles. The lowest BCUT2D eigenvalue weighted by atomic mass is 10.1. The van der Waals surface area contributed by atoms with Crippen molar-refractivity contribution in [1.82, 2.24) is 4.31 Å². The van der Waals surface area contributed by atoms with Crippen LogP contribution < -0.4 is 0 Å². The summed E-state index contributed by atoms with van der Waals surface area (Å²) in [6.07, 6.45) is 0.576. The average Bonchev–Trinajstić information content (AvgIpc) is 3.26. The summed E-state index contributed by atoms with van der Waals surface area (Å²) in [5, 5.41) is 2.55. The summed E-state index contributed by atoms with van der Waals surface area (Å²) in [5.74, 6) is -0.0420. The second kappa shape index (κ2) is 9.83. The Morgan fingerprint density at radius 1 is 0.935 bits per heavy atom. The summed E-state index contributed by atoms with van der Waals surface area (Å²) in [4.78, 5) is 1.27. The zero-order chi connectivity index (χ0) is 22.6. The molecule has 0 fully saturated rings. The van der Waals surface area contributed by atoms with E-state index >= 15 is 0 Å². The molecule has 0 aliphatic carbocycles. The monoisotopic (exact) mass is 497 g/mol. The van der Waals surface area contributed by atoms with E-state index in [2.05, 4.69) is 0 Å². The van der Waals surface area contributed by atoms with Crippen molar-refractivity contribution in [2.45, 2.75) is 42.6 Å². The number of sulfonamides is 1. The van der Waals surface area contributed by atoms with Gasteiger partial charge in [-0.05, 0) is 66.8 Å². The topological polar surface area (TPSA) is 71.5 Å². The lowest BCUT2D eigenvalue weighted by molar-refractivity contribution is 0.329. The van der Waals surface area contributed by atoms with Gasteiger partial charge in [-0.1, -0.05) is 36.7 Å². The van der Waals surface area contributed by atoms with Gasteiger partial charge in [-0.15, -0.1) is 11.3 Å². The van der Waals surface area contributed by atoms with E-state index in [9.17, 15) is 16.8 Å². The van der Waals surface area contributed by atoms with Gasteiger partial charge < -0.3 is 0 Å². The number of hydrogen-bond donors (Lipinski definition) is 0. The third-order valence-corrected chi connectivity index (χ3v) is 9.86. The zero-order valence-electron chi connectivity index (χ0n) is 17.2. The molecular weight excluding hydrogens is 474 g/mol. The summed E-state index contributed by atoms with van der Waals surface area (Å²) < 4.78 is 52.7. The smallest absolute Gasteiger partial charge is 0.224 e. The van der Waals surface area contributed by atoms with E-state index in [0.717, 1.165) is 10.4 Å². The molecule has 2 aromatic carbocycles. The van der Waals surface area contributed by atoms with E-state index in [0.29, 0.717) is 11.4 Å². The highest BCUT2D eigenvalue weighted by Crippen LogP contribution is 2.26. The molecule has 0 aliphatic rings. The highest BCUT2D eigenvalue weighted by molar-refractivity contribution is 7.91. The van der Waals surface area contributed by atoms with Crippen molar-refractivity contribution in [3.63, 3.8) is 0 Å². The summed E-state index contributed by atoms with van der Waals surface area (Å²) in [5.41, 5.74) is 0.816. The van der Waals surface area contributed by atoms with Gasteiger partial charge in [-0.25, -0.2) is 16.8 Å². The molecule has 0 bridgehead atoms.